The van der Waals surface area contributed by atoms with E-state index in [4.69, 9.17) is 24.2 Å². The van der Waals surface area contributed by atoms with Gasteiger partial charge in [0.15, 0.2) is 0 Å². The number of aromatic amines is 1. The third-order valence-corrected chi connectivity index (χ3v) is 13.9. The summed E-state index contributed by atoms with van der Waals surface area (Å²) >= 11 is 0. The van der Waals surface area contributed by atoms with Crippen LogP contribution < -0.4 is 10.6 Å². The minimum atomic E-state index is -0.689. The highest BCUT2D eigenvalue weighted by Gasteiger charge is 2.43. The van der Waals surface area contributed by atoms with Crippen LogP contribution in [-0.2, 0) is 23.8 Å². The second-order valence-corrected chi connectivity index (χ2v) is 18.6. The zero-order valence-electron chi connectivity index (χ0n) is 38.1. The number of fused-ring (bicyclic) bond motifs is 5. The van der Waals surface area contributed by atoms with E-state index in [1.165, 1.54) is 36.5 Å². The van der Waals surface area contributed by atoms with Crippen LogP contribution in [0.4, 0.5) is 9.59 Å². The van der Waals surface area contributed by atoms with E-state index >= 15 is 0 Å². The third-order valence-electron chi connectivity index (χ3n) is 13.9. The quantitative estimate of drug-likeness (QED) is 0.127. The Labute approximate surface area is 380 Å². The summed E-state index contributed by atoms with van der Waals surface area (Å²) in [6.07, 6.45) is 8.71. The number of hydrogen-bond acceptors (Lipinski definition) is 9. The van der Waals surface area contributed by atoms with E-state index in [1.807, 2.05) is 49.9 Å². The number of hydrogen-bond donors (Lipinski definition) is 3. The molecule has 3 saturated heterocycles. The van der Waals surface area contributed by atoms with Crippen molar-refractivity contribution in [3.63, 3.8) is 0 Å². The molecule has 2 bridgehead atoms. The summed E-state index contributed by atoms with van der Waals surface area (Å²) < 4.78 is 16.2. The van der Waals surface area contributed by atoms with Gasteiger partial charge in [-0.15, -0.1) is 0 Å². The van der Waals surface area contributed by atoms with Crippen LogP contribution in [0.3, 0.4) is 0 Å². The molecule has 4 unspecified atom stereocenters. The van der Waals surface area contributed by atoms with E-state index in [-0.39, 0.29) is 47.9 Å². The minimum Gasteiger partial charge on any atom is -0.453 e. The maximum absolute atomic E-state index is 13.7. The monoisotopic (exact) mass is 881 g/mol. The van der Waals surface area contributed by atoms with Crippen molar-refractivity contribution in [1.82, 2.24) is 30.4 Å². The number of carbonyl (C=O) groups excluding carboxylic acids is 4. The van der Waals surface area contributed by atoms with Crippen LogP contribution in [0.25, 0.3) is 39.1 Å². The molecule has 3 N–H and O–H groups in total. The molecule has 4 aromatic rings. The van der Waals surface area contributed by atoms with Crippen LogP contribution in [0.2, 0.25) is 0 Å². The molecule has 4 amide bonds. The zero-order valence-corrected chi connectivity index (χ0v) is 38.1. The number of aromatic nitrogens is 2. The fraction of sp³-hybridized carbons (Fsp3) is 0.451. The molecule has 6 atom stereocenters. The molecule has 0 saturated carbocycles. The molecule has 0 radical (unpaired) electrons. The fourth-order valence-electron chi connectivity index (χ4n) is 10.5. The highest BCUT2D eigenvalue weighted by atomic mass is 16.5. The number of carbonyl (C=O) groups is 4. The fourth-order valence-corrected chi connectivity index (χ4v) is 10.5. The SMILES string of the molecule is COC(=O)N[C@H](C(=O)N1CCCC1C1=NC=C(c2ccc(-c3ccc(-c4ccc(-c5cnc(C6CCCN6C(=O)[C@@H](NC(=O)OC)C(C)C)[nH]5)cc4)c4c3C3CCC4O3)cc2)C1)C(C)C. The molecule has 65 heavy (non-hydrogen) atoms. The van der Waals surface area contributed by atoms with E-state index in [0.29, 0.717) is 19.5 Å². The molecule has 6 heterocycles. The van der Waals surface area contributed by atoms with Crippen LogP contribution in [0.5, 0.6) is 0 Å². The number of amides is 4. The predicted molar refractivity (Wildman–Crippen MR) is 247 cm³/mol. The number of nitrogens with one attached hydrogen (secondary N) is 3. The van der Waals surface area contributed by atoms with Crippen molar-refractivity contribution in [3.05, 3.63) is 95.6 Å². The summed E-state index contributed by atoms with van der Waals surface area (Å²) in [5, 5.41) is 5.45. The largest absolute Gasteiger partial charge is 0.453 e. The van der Waals surface area contributed by atoms with E-state index in [1.54, 1.807) is 0 Å². The van der Waals surface area contributed by atoms with Gasteiger partial charge in [-0.3, -0.25) is 14.6 Å². The van der Waals surface area contributed by atoms with Gasteiger partial charge >= 0.3 is 12.2 Å². The van der Waals surface area contributed by atoms with Crippen molar-refractivity contribution in [2.45, 2.75) is 109 Å². The van der Waals surface area contributed by atoms with Crippen molar-refractivity contribution < 1.29 is 33.4 Å². The zero-order chi connectivity index (χ0) is 45.5. The Kier molecular flexibility index (Phi) is 12.4. The molecule has 9 rings (SSSR count). The average molecular weight is 882 g/mol. The molecule has 3 fully saturated rings. The first-order valence-corrected chi connectivity index (χ1v) is 23.1. The van der Waals surface area contributed by atoms with Crippen molar-refractivity contribution in [1.29, 1.82) is 0 Å². The molecule has 1 aromatic heterocycles. The number of likely N-dealkylation sites (tertiary alicyclic amines) is 2. The molecule has 3 aromatic carbocycles. The number of imidazole rings is 1. The van der Waals surface area contributed by atoms with Crippen LogP contribution in [0, 0.1) is 11.8 Å². The maximum atomic E-state index is 13.7. The number of allylic oxidation sites excluding steroid dienone is 1. The molecule has 14 nitrogen and oxygen atoms in total. The van der Waals surface area contributed by atoms with Gasteiger partial charge in [0.25, 0.3) is 0 Å². The van der Waals surface area contributed by atoms with Crippen LogP contribution >= 0.6 is 0 Å². The Morgan fingerprint density at radius 1 is 0.677 bits per heavy atom. The Bertz CT molecular complexity index is 2530. The van der Waals surface area contributed by atoms with Gasteiger partial charge in [-0.2, -0.15) is 0 Å². The Morgan fingerprint density at radius 2 is 1.17 bits per heavy atom. The highest BCUT2D eigenvalue weighted by molar-refractivity contribution is 6.04. The van der Waals surface area contributed by atoms with Crippen LogP contribution in [-0.4, -0.2) is 94.9 Å². The van der Waals surface area contributed by atoms with Gasteiger partial charge in [-0.05, 0) is 100 Å². The van der Waals surface area contributed by atoms with Gasteiger partial charge in [-0.25, -0.2) is 14.6 Å². The molecule has 5 aliphatic rings. The standard InChI is InChI=1S/C51H59N7O7/c1-28(2)45(55-50(61)63-5)48(59)57-23-7-9-39(57)37-25-34(26-52-37)30-11-13-31(14-12-30)35-19-20-36(44-42-22-21-41(65-42)43(35)44)32-15-17-33(18-16-32)38-27-53-47(54-38)40-10-8-24-58(40)49(60)46(29(3)4)56-51(62)64-6/h11-20,26-29,39-42,45-46H,7-10,21-25H2,1-6H3,(H,53,54)(H,55,61)(H,56,62)/t39?,40?,41?,42?,45-,46-/m0/s1. The Balaban J connectivity index is 0.887. The van der Waals surface area contributed by atoms with E-state index < -0.39 is 24.3 Å². The van der Waals surface area contributed by atoms with Gasteiger partial charge in [0.1, 0.15) is 17.9 Å². The second kappa shape index (κ2) is 18.3. The van der Waals surface area contributed by atoms with Crippen LogP contribution in [0.1, 0.15) is 113 Å². The van der Waals surface area contributed by atoms with Crippen molar-refractivity contribution in [2.75, 3.05) is 27.3 Å². The lowest BCUT2D eigenvalue weighted by Crippen LogP contribution is -2.53. The van der Waals surface area contributed by atoms with Gasteiger partial charge < -0.3 is 39.6 Å². The first-order chi connectivity index (χ1) is 31.4. The first kappa shape index (κ1) is 43.9. The smallest absolute Gasteiger partial charge is 0.407 e. The van der Waals surface area contributed by atoms with E-state index in [2.05, 4.69) is 76.3 Å². The molecule has 0 spiro atoms. The van der Waals surface area contributed by atoms with Gasteiger partial charge in [0.05, 0.1) is 50.4 Å². The summed E-state index contributed by atoms with van der Waals surface area (Å²) in [5.41, 5.74) is 12.3. The highest BCUT2D eigenvalue weighted by Crippen LogP contribution is 2.56. The number of alkyl carbamates (subject to hydrolysis) is 2. The predicted octanol–water partition coefficient (Wildman–Crippen LogP) is 8.92. The minimum absolute atomic E-state index is 0.0579. The van der Waals surface area contributed by atoms with Crippen molar-refractivity contribution in [2.24, 2.45) is 16.8 Å². The molecule has 5 aliphatic heterocycles. The number of ether oxygens (including phenoxy) is 3. The summed E-state index contributed by atoms with van der Waals surface area (Å²) in [6.45, 7) is 8.91. The lowest BCUT2D eigenvalue weighted by atomic mass is 9.81. The van der Waals surface area contributed by atoms with E-state index in [9.17, 15) is 19.2 Å². The van der Waals surface area contributed by atoms with E-state index in [0.717, 1.165) is 83.6 Å². The topological polar surface area (TPSA) is 168 Å². The third kappa shape index (κ3) is 8.44. The van der Waals surface area contributed by atoms with Gasteiger partial charge in [0, 0.05) is 31.4 Å². The molecular weight excluding hydrogens is 823 g/mol. The summed E-state index contributed by atoms with van der Waals surface area (Å²) in [4.78, 5) is 68.3. The van der Waals surface area contributed by atoms with Crippen molar-refractivity contribution in [3.8, 4) is 33.5 Å². The van der Waals surface area contributed by atoms with Crippen LogP contribution in [0.15, 0.2) is 78.1 Å². The average Bonchev–Trinajstić information content (AvgIpc) is 4.19. The Morgan fingerprint density at radius 3 is 1.69 bits per heavy atom. The molecule has 14 heteroatoms. The molecule has 340 valence electrons. The number of nitrogens with zero attached hydrogens (tertiary/aromatic N) is 4. The Hall–Kier alpha value is -6.28. The number of rotatable bonds is 12. The summed E-state index contributed by atoms with van der Waals surface area (Å²) in [7, 11) is 2.61. The number of aliphatic imine (C=N–C) groups is 1. The first-order valence-electron chi connectivity index (χ1n) is 23.1. The number of H-pyrrole nitrogens is 1. The van der Waals surface area contributed by atoms with Crippen molar-refractivity contribution >= 4 is 35.3 Å². The molecular formula is C51H59N7O7. The lowest BCUT2D eigenvalue weighted by Gasteiger charge is -2.31. The number of methoxy groups -OCH3 is 2. The number of benzene rings is 3. The second-order valence-electron chi connectivity index (χ2n) is 18.6. The van der Waals surface area contributed by atoms with Gasteiger partial charge in [0.2, 0.25) is 11.8 Å². The van der Waals surface area contributed by atoms with Gasteiger partial charge in [-0.1, -0.05) is 88.4 Å². The normalized spacial score (nSPS) is 21.9. The summed E-state index contributed by atoms with van der Waals surface area (Å²) in [5.74, 6) is 0.313. The molecule has 0 aliphatic carbocycles. The summed E-state index contributed by atoms with van der Waals surface area (Å²) in [6, 6.07) is 20.1. The lowest BCUT2D eigenvalue weighted by molar-refractivity contribution is -0.135. The maximum Gasteiger partial charge on any atom is 0.407 e.